The summed E-state index contributed by atoms with van der Waals surface area (Å²) < 4.78 is 0. The molecule has 22 heavy (non-hydrogen) atoms. The number of carbonyl (C=O) groups excluding carboxylic acids is 1. The predicted molar refractivity (Wildman–Crippen MR) is 87.5 cm³/mol. The molecule has 2 heterocycles. The lowest BCUT2D eigenvalue weighted by Crippen LogP contribution is -2.38. The zero-order valence-corrected chi connectivity index (χ0v) is 12.8. The zero-order chi connectivity index (χ0) is 15.5. The Morgan fingerprint density at radius 3 is 2.77 bits per heavy atom. The van der Waals surface area contributed by atoms with Crippen LogP contribution in [0.25, 0.3) is 0 Å². The number of benzene rings is 1. The average molecular weight is 295 g/mol. The monoisotopic (exact) mass is 295 g/mol. The van der Waals surface area contributed by atoms with Crippen molar-refractivity contribution >= 4 is 11.7 Å². The van der Waals surface area contributed by atoms with Gasteiger partial charge in [0.05, 0.1) is 6.04 Å². The summed E-state index contributed by atoms with van der Waals surface area (Å²) in [6, 6.07) is 11.5. The number of piperidine rings is 1. The lowest BCUT2D eigenvalue weighted by molar-refractivity contribution is 0.0610. The Kier molecular flexibility index (Phi) is 4.09. The topological polar surface area (TPSA) is 59.2 Å². The normalized spacial score (nSPS) is 18.2. The molecular formula is C18H21N3O. The lowest BCUT2D eigenvalue weighted by Gasteiger charge is -2.36. The molecule has 1 aliphatic rings. The predicted octanol–water partition coefficient (Wildman–Crippen LogP) is 3.34. The molecule has 1 fully saturated rings. The summed E-state index contributed by atoms with van der Waals surface area (Å²) in [6.07, 6.45) is 4.99. The minimum atomic E-state index is 0.0922. The van der Waals surface area contributed by atoms with Crippen molar-refractivity contribution in [1.82, 2.24) is 9.88 Å². The molecule has 1 atom stereocenters. The number of hydrogen-bond acceptors (Lipinski definition) is 3. The van der Waals surface area contributed by atoms with Crippen LogP contribution in [0.2, 0.25) is 0 Å². The first-order valence-corrected chi connectivity index (χ1v) is 7.75. The summed E-state index contributed by atoms with van der Waals surface area (Å²) in [5, 5.41) is 0. The molecule has 4 heteroatoms. The van der Waals surface area contributed by atoms with E-state index in [1.807, 2.05) is 54.4 Å². The summed E-state index contributed by atoms with van der Waals surface area (Å²) >= 11 is 0. The number of aromatic nitrogens is 1. The molecule has 1 amide bonds. The van der Waals surface area contributed by atoms with Gasteiger partial charge >= 0.3 is 0 Å². The second kappa shape index (κ2) is 6.18. The fourth-order valence-electron chi connectivity index (χ4n) is 3.18. The number of anilines is 1. The van der Waals surface area contributed by atoms with Crippen molar-refractivity contribution in [2.24, 2.45) is 0 Å². The van der Waals surface area contributed by atoms with E-state index in [2.05, 4.69) is 4.98 Å². The summed E-state index contributed by atoms with van der Waals surface area (Å²) in [5.41, 5.74) is 8.71. The summed E-state index contributed by atoms with van der Waals surface area (Å²) in [5.74, 6) is 0.625. The molecule has 114 valence electrons. The first kappa shape index (κ1) is 14.6. The third kappa shape index (κ3) is 2.82. The number of aryl methyl sites for hydroxylation is 1. The van der Waals surface area contributed by atoms with Crippen molar-refractivity contribution in [3.05, 3.63) is 59.3 Å². The Morgan fingerprint density at radius 1 is 1.27 bits per heavy atom. The highest BCUT2D eigenvalue weighted by molar-refractivity contribution is 5.94. The number of carbonyl (C=O) groups is 1. The molecule has 1 aliphatic heterocycles. The zero-order valence-electron chi connectivity index (χ0n) is 12.8. The van der Waals surface area contributed by atoms with Gasteiger partial charge in [0.25, 0.3) is 5.91 Å². The quantitative estimate of drug-likeness (QED) is 0.924. The number of nitrogen functional groups attached to an aromatic ring is 1. The van der Waals surface area contributed by atoms with Crippen LogP contribution in [0.5, 0.6) is 0 Å². The highest BCUT2D eigenvalue weighted by atomic mass is 16.2. The second-order valence-electron chi connectivity index (χ2n) is 5.84. The summed E-state index contributed by atoms with van der Waals surface area (Å²) in [4.78, 5) is 19.0. The second-order valence-corrected chi connectivity index (χ2v) is 5.84. The van der Waals surface area contributed by atoms with Gasteiger partial charge in [-0.3, -0.25) is 4.79 Å². The smallest absolute Gasteiger partial charge is 0.254 e. The maximum absolute atomic E-state index is 12.8. The standard InChI is InChI=1S/C18H21N3O/c1-13-11-17(19)20-12-15(13)16-9-5-6-10-21(16)18(22)14-7-3-2-4-8-14/h2-4,7-8,11-12,16H,5-6,9-10H2,1H3,(H2,19,20)/t16-/m1/s1. The van der Waals surface area contributed by atoms with Crippen LogP contribution in [0.4, 0.5) is 5.82 Å². The minimum Gasteiger partial charge on any atom is -0.384 e. The number of likely N-dealkylation sites (tertiary alicyclic amines) is 1. The fraction of sp³-hybridized carbons (Fsp3) is 0.333. The SMILES string of the molecule is Cc1cc(N)ncc1[C@H]1CCCCN1C(=O)c1ccccc1. The molecular weight excluding hydrogens is 274 g/mol. The molecule has 1 aromatic heterocycles. The van der Waals surface area contributed by atoms with Gasteiger partial charge in [0.1, 0.15) is 5.82 Å². The van der Waals surface area contributed by atoms with E-state index in [1.165, 1.54) is 0 Å². The number of amides is 1. The van der Waals surface area contributed by atoms with E-state index in [4.69, 9.17) is 5.73 Å². The maximum Gasteiger partial charge on any atom is 0.254 e. The van der Waals surface area contributed by atoms with E-state index in [1.54, 1.807) is 0 Å². The maximum atomic E-state index is 12.8. The number of nitrogens with zero attached hydrogens (tertiary/aromatic N) is 2. The van der Waals surface area contributed by atoms with Crippen LogP contribution in [0.3, 0.4) is 0 Å². The molecule has 1 saturated heterocycles. The number of nitrogens with two attached hydrogens (primary N) is 1. The minimum absolute atomic E-state index is 0.0922. The van der Waals surface area contributed by atoms with E-state index in [-0.39, 0.29) is 11.9 Å². The van der Waals surface area contributed by atoms with E-state index in [0.29, 0.717) is 5.82 Å². The van der Waals surface area contributed by atoms with Gasteiger partial charge in [-0.05, 0) is 55.5 Å². The van der Waals surface area contributed by atoms with Crippen molar-refractivity contribution in [3.63, 3.8) is 0 Å². The molecule has 0 unspecified atom stereocenters. The first-order chi connectivity index (χ1) is 10.7. The van der Waals surface area contributed by atoms with Crippen LogP contribution in [0, 0.1) is 6.92 Å². The van der Waals surface area contributed by atoms with Gasteiger partial charge in [-0.15, -0.1) is 0 Å². The molecule has 2 aromatic rings. The fourth-order valence-corrected chi connectivity index (χ4v) is 3.18. The van der Waals surface area contributed by atoms with Crippen LogP contribution in [-0.2, 0) is 0 Å². The summed E-state index contributed by atoms with van der Waals surface area (Å²) in [6.45, 7) is 2.83. The van der Waals surface area contributed by atoms with Crippen LogP contribution < -0.4 is 5.73 Å². The van der Waals surface area contributed by atoms with Gasteiger partial charge in [-0.1, -0.05) is 18.2 Å². The van der Waals surface area contributed by atoms with Crippen LogP contribution in [0.1, 0.15) is 46.8 Å². The van der Waals surface area contributed by atoms with Crippen LogP contribution in [-0.4, -0.2) is 22.3 Å². The van der Waals surface area contributed by atoms with Gasteiger partial charge in [0.15, 0.2) is 0 Å². The highest BCUT2D eigenvalue weighted by Gasteiger charge is 2.29. The Morgan fingerprint density at radius 2 is 2.05 bits per heavy atom. The summed E-state index contributed by atoms with van der Waals surface area (Å²) in [7, 11) is 0. The van der Waals surface area contributed by atoms with E-state index >= 15 is 0 Å². The number of pyridine rings is 1. The third-order valence-corrected chi connectivity index (χ3v) is 4.32. The Balaban J connectivity index is 1.93. The lowest BCUT2D eigenvalue weighted by atomic mass is 9.93. The van der Waals surface area contributed by atoms with Crippen molar-refractivity contribution in [2.45, 2.75) is 32.2 Å². The van der Waals surface area contributed by atoms with E-state index < -0.39 is 0 Å². The molecule has 0 radical (unpaired) electrons. The molecule has 0 saturated carbocycles. The van der Waals surface area contributed by atoms with Gasteiger partial charge in [-0.2, -0.15) is 0 Å². The van der Waals surface area contributed by atoms with Gasteiger partial charge in [-0.25, -0.2) is 4.98 Å². The largest absolute Gasteiger partial charge is 0.384 e. The highest BCUT2D eigenvalue weighted by Crippen LogP contribution is 2.33. The van der Waals surface area contributed by atoms with Crippen molar-refractivity contribution < 1.29 is 4.79 Å². The average Bonchev–Trinajstić information content (AvgIpc) is 2.55. The van der Waals surface area contributed by atoms with Crippen LogP contribution in [0.15, 0.2) is 42.6 Å². The van der Waals surface area contributed by atoms with Gasteiger partial charge in [0, 0.05) is 18.3 Å². The van der Waals surface area contributed by atoms with Crippen LogP contribution >= 0.6 is 0 Å². The van der Waals surface area contributed by atoms with E-state index in [0.717, 1.165) is 42.5 Å². The van der Waals surface area contributed by atoms with Crippen molar-refractivity contribution in [3.8, 4) is 0 Å². The van der Waals surface area contributed by atoms with Gasteiger partial charge in [0.2, 0.25) is 0 Å². The molecule has 1 aromatic carbocycles. The molecule has 0 aliphatic carbocycles. The third-order valence-electron chi connectivity index (χ3n) is 4.32. The molecule has 0 spiro atoms. The molecule has 3 rings (SSSR count). The first-order valence-electron chi connectivity index (χ1n) is 7.75. The number of rotatable bonds is 2. The van der Waals surface area contributed by atoms with Crippen molar-refractivity contribution in [1.29, 1.82) is 0 Å². The Hall–Kier alpha value is -2.36. The molecule has 4 nitrogen and oxygen atoms in total. The van der Waals surface area contributed by atoms with Crippen molar-refractivity contribution in [2.75, 3.05) is 12.3 Å². The molecule has 2 N–H and O–H groups in total. The number of hydrogen-bond donors (Lipinski definition) is 1. The van der Waals surface area contributed by atoms with E-state index in [9.17, 15) is 4.79 Å². The Labute approximate surface area is 131 Å². The Bertz CT molecular complexity index is 669. The van der Waals surface area contributed by atoms with Gasteiger partial charge < -0.3 is 10.6 Å². The molecule has 0 bridgehead atoms.